The number of hydrogen-bond acceptors (Lipinski definition) is 2. The first-order chi connectivity index (χ1) is 10.4. The van der Waals surface area contributed by atoms with E-state index in [0.717, 1.165) is 22.2 Å². The van der Waals surface area contributed by atoms with Crippen LogP contribution in [0.5, 0.6) is 0 Å². The number of halogens is 3. The summed E-state index contributed by atoms with van der Waals surface area (Å²) in [6, 6.07) is 7.89. The van der Waals surface area contributed by atoms with Gasteiger partial charge in [-0.1, -0.05) is 12.1 Å². The molecule has 2 heterocycles. The fraction of sp³-hybridized carbons (Fsp3) is 0.267. The Balaban J connectivity index is 1.72. The average molecular weight is 308 g/mol. The first-order valence-corrected chi connectivity index (χ1v) is 6.82. The van der Waals surface area contributed by atoms with E-state index in [1.807, 2.05) is 36.3 Å². The van der Waals surface area contributed by atoms with E-state index >= 15 is 0 Å². The third-order valence-electron chi connectivity index (χ3n) is 3.52. The van der Waals surface area contributed by atoms with E-state index in [4.69, 9.17) is 0 Å². The summed E-state index contributed by atoms with van der Waals surface area (Å²) in [4.78, 5) is 3.24. The number of hydrogen-bond donors (Lipinski definition) is 3. The molecule has 0 aliphatic heterocycles. The highest BCUT2D eigenvalue weighted by Crippen LogP contribution is 2.30. The largest absolute Gasteiger partial charge is 0.433 e. The molecule has 0 spiro atoms. The molecule has 4 nitrogen and oxygen atoms in total. The SMILES string of the molecule is Cc1cc2c(CNCc3cn[nH]c3C(F)(F)F)cccc2[nH]1. The van der Waals surface area contributed by atoms with Crippen LogP contribution in [0.4, 0.5) is 13.2 Å². The molecule has 1 aromatic carbocycles. The Bertz CT molecular complexity index is 786. The van der Waals surface area contributed by atoms with Crippen LogP contribution in [0, 0.1) is 6.92 Å². The van der Waals surface area contributed by atoms with E-state index in [-0.39, 0.29) is 12.1 Å². The van der Waals surface area contributed by atoms with Gasteiger partial charge in [-0.2, -0.15) is 18.3 Å². The highest BCUT2D eigenvalue weighted by molar-refractivity contribution is 5.83. The molecule has 3 rings (SSSR count). The van der Waals surface area contributed by atoms with Crippen molar-refractivity contribution in [3.05, 3.63) is 53.0 Å². The number of aryl methyl sites for hydroxylation is 1. The maximum absolute atomic E-state index is 12.7. The number of H-pyrrole nitrogens is 2. The van der Waals surface area contributed by atoms with Crippen molar-refractivity contribution in [2.24, 2.45) is 0 Å². The molecule has 0 aliphatic rings. The molecule has 0 radical (unpaired) electrons. The van der Waals surface area contributed by atoms with Crippen LogP contribution in [-0.2, 0) is 19.3 Å². The van der Waals surface area contributed by atoms with Crippen molar-refractivity contribution < 1.29 is 13.2 Å². The van der Waals surface area contributed by atoms with Gasteiger partial charge >= 0.3 is 6.18 Å². The second-order valence-electron chi connectivity index (χ2n) is 5.20. The van der Waals surface area contributed by atoms with E-state index < -0.39 is 11.9 Å². The van der Waals surface area contributed by atoms with Gasteiger partial charge in [-0.05, 0) is 24.6 Å². The predicted octanol–water partition coefficient (Wildman–Crippen LogP) is 3.51. The summed E-state index contributed by atoms with van der Waals surface area (Å²) >= 11 is 0. The predicted molar refractivity (Wildman–Crippen MR) is 77.2 cm³/mol. The highest BCUT2D eigenvalue weighted by Gasteiger charge is 2.35. The Hall–Kier alpha value is -2.28. The normalized spacial score (nSPS) is 12.2. The lowest BCUT2D eigenvalue weighted by Gasteiger charge is -2.09. The lowest BCUT2D eigenvalue weighted by atomic mass is 10.1. The molecule has 0 saturated heterocycles. The number of rotatable bonds is 4. The molecule has 3 N–H and O–H groups in total. The number of fused-ring (bicyclic) bond motifs is 1. The van der Waals surface area contributed by atoms with E-state index in [0.29, 0.717) is 6.54 Å². The molecule has 0 bridgehead atoms. The lowest BCUT2D eigenvalue weighted by molar-refractivity contribution is -0.141. The van der Waals surface area contributed by atoms with Gasteiger partial charge in [0.2, 0.25) is 0 Å². The summed E-state index contributed by atoms with van der Waals surface area (Å²) in [5.41, 5.74) is 2.44. The number of aromatic amines is 2. The summed E-state index contributed by atoms with van der Waals surface area (Å²) in [7, 11) is 0. The van der Waals surface area contributed by atoms with Gasteiger partial charge in [0.15, 0.2) is 0 Å². The molecule has 116 valence electrons. The van der Waals surface area contributed by atoms with Crippen LogP contribution < -0.4 is 5.32 Å². The minimum absolute atomic E-state index is 0.102. The summed E-state index contributed by atoms with van der Waals surface area (Å²) < 4.78 is 38.2. The van der Waals surface area contributed by atoms with Gasteiger partial charge in [-0.3, -0.25) is 5.10 Å². The molecule has 7 heteroatoms. The molecule has 3 aromatic rings. The maximum atomic E-state index is 12.7. The monoisotopic (exact) mass is 308 g/mol. The van der Waals surface area contributed by atoms with Crippen LogP contribution in [0.3, 0.4) is 0 Å². The number of nitrogens with one attached hydrogen (secondary N) is 3. The lowest BCUT2D eigenvalue weighted by Crippen LogP contribution is -2.16. The van der Waals surface area contributed by atoms with Crippen molar-refractivity contribution in [2.75, 3.05) is 0 Å². The molecule has 0 unspecified atom stereocenters. The van der Waals surface area contributed by atoms with Gasteiger partial charge in [-0.25, -0.2) is 0 Å². The molecular weight excluding hydrogens is 293 g/mol. The molecule has 22 heavy (non-hydrogen) atoms. The topological polar surface area (TPSA) is 56.5 Å². The van der Waals surface area contributed by atoms with Crippen LogP contribution in [0.15, 0.2) is 30.5 Å². The first kappa shape index (κ1) is 14.6. The van der Waals surface area contributed by atoms with E-state index in [1.165, 1.54) is 6.20 Å². The summed E-state index contributed by atoms with van der Waals surface area (Å²) in [5.74, 6) is 0. The zero-order chi connectivity index (χ0) is 15.7. The zero-order valence-corrected chi connectivity index (χ0v) is 11.9. The molecule has 0 atom stereocenters. The van der Waals surface area contributed by atoms with Crippen LogP contribution in [0.1, 0.15) is 22.5 Å². The van der Waals surface area contributed by atoms with Crippen molar-refractivity contribution in [3.8, 4) is 0 Å². The minimum atomic E-state index is -4.41. The van der Waals surface area contributed by atoms with Gasteiger partial charge in [0, 0.05) is 35.2 Å². The highest BCUT2D eigenvalue weighted by atomic mass is 19.4. The van der Waals surface area contributed by atoms with Crippen LogP contribution in [-0.4, -0.2) is 15.2 Å². The average Bonchev–Trinajstić information content (AvgIpc) is 3.03. The third kappa shape index (κ3) is 2.85. The number of benzene rings is 1. The third-order valence-corrected chi connectivity index (χ3v) is 3.52. The maximum Gasteiger partial charge on any atom is 0.433 e. The molecule has 0 aliphatic carbocycles. The fourth-order valence-corrected chi connectivity index (χ4v) is 2.53. The van der Waals surface area contributed by atoms with Crippen LogP contribution in [0.2, 0.25) is 0 Å². The molecule has 0 fully saturated rings. The Kier molecular flexibility index (Phi) is 3.66. The van der Waals surface area contributed by atoms with Gasteiger partial charge in [0.05, 0.1) is 6.20 Å². The number of nitrogens with zero attached hydrogens (tertiary/aromatic N) is 1. The summed E-state index contributed by atoms with van der Waals surface area (Å²) in [5, 5.41) is 9.61. The second-order valence-corrected chi connectivity index (χ2v) is 5.20. The Morgan fingerprint density at radius 1 is 1.18 bits per heavy atom. The number of aromatic nitrogens is 3. The molecule has 0 amide bonds. The van der Waals surface area contributed by atoms with Gasteiger partial charge in [-0.15, -0.1) is 0 Å². The summed E-state index contributed by atoms with van der Waals surface area (Å²) in [6.45, 7) is 2.56. The van der Waals surface area contributed by atoms with E-state index in [2.05, 4.69) is 15.4 Å². The molecule has 0 saturated carbocycles. The summed E-state index contributed by atoms with van der Waals surface area (Å²) in [6.07, 6.45) is -3.21. The van der Waals surface area contributed by atoms with Crippen molar-refractivity contribution in [1.82, 2.24) is 20.5 Å². The van der Waals surface area contributed by atoms with Gasteiger partial charge < -0.3 is 10.3 Å². The Labute approximate surface area is 124 Å². The Morgan fingerprint density at radius 3 is 2.73 bits per heavy atom. The fourth-order valence-electron chi connectivity index (χ4n) is 2.53. The smallest absolute Gasteiger partial charge is 0.359 e. The molecular formula is C15H15F3N4. The van der Waals surface area contributed by atoms with Crippen molar-refractivity contribution in [3.63, 3.8) is 0 Å². The quantitative estimate of drug-likeness (QED) is 0.691. The zero-order valence-electron chi connectivity index (χ0n) is 11.9. The van der Waals surface area contributed by atoms with Crippen molar-refractivity contribution in [1.29, 1.82) is 0 Å². The van der Waals surface area contributed by atoms with Crippen molar-refractivity contribution >= 4 is 10.9 Å². The van der Waals surface area contributed by atoms with Crippen LogP contribution >= 0.6 is 0 Å². The van der Waals surface area contributed by atoms with E-state index in [1.54, 1.807) is 0 Å². The van der Waals surface area contributed by atoms with E-state index in [9.17, 15) is 13.2 Å². The van der Waals surface area contributed by atoms with Gasteiger partial charge in [0.25, 0.3) is 0 Å². The van der Waals surface area contributed by atoms with Crippen molar-refractivity contribution in [2.45, 2.75) is 26.2 Å². The van der Waals surface area contributed by atoms with Gasteiger partial charge in [0.1, 0.15) is 5.69 Å². The first-order valence-electron chi connectivity index (χ1n) is 6.82. The Morgan fingerprint density at radius 2 is 1.95 bits per heavy atom. The second kappa shape index (κ2) is 5.49. The minimum Gasteiger partial charge on any atom is -0.359 e. The number of alkyl halides is 3. The van der Waals surface area contributed by atoms with Crippen LogP contribution in [0.25, 0.3) is 10.9 Å². The standard InChI is InChI=1S/C15H15F3N4/c1-9-5-12-10(3-2-4-13(12)21-9)6-19-7-11-8-20-22-14(11)15(16,17)18/h2-5,8,19,21H,6-7H2,1H3,(H,20,22). The molecule has 2 aromatic heterocycles.